The maximum atomic E-state index is 12.2. The Morgan fingerprint density at radius 1 is 1.10 bits per heavy atom. The van der Waals surface area contributed by atoms with E-state index in [1.165, 1.54) is 12.1 Å². The van der Waals surface area contributed by atoms with Crippen molar-refractivity contribution in [1.29, 1.82) is 0 Å². The first-order valence-electron chi connectivity index (χ1n) is 9.53. The van der Waals surface area contributed by atoms with Gasteiger partial charge in [0.2, 0.25) is 0 Å². The third kappa shape index (κ3) is 3.28. The Bertz CT molecular complexity index is 1310. The fourth-order valence-electron chi connectivity index (χ4n) is 3.75. The van der Waals surface area contributed by atoms with E-state index in [1.54, 1.807) is 31.4 Å². The summed E-state index contributed by atoms with van der Waals surface area (Å²) in [6, 6.07) is 9.82. The number of carboxylic acid groups (broad SMARTS) is 1. The van der Waals surface area contributed by atoms with Crippen molar-refractivity contribution in [3.8, 4) is 22.8 Å². The third-order valence-corrected chi connectivity index (χ3v) is 5.03. The van der Waals surface area contributed by atoms with E-state index < -0.39 is 11.6 Å². The molecule has 0 unspecified atom stereocenters. The van der Waals surface area contributed by atoms with E-state index in [4.69, 9.17) is 13.6 Å². The Morgan fingerprint density at radius 3 is 2.47 bits per heavy atom. The maximum absolute atomic E-state index is 12.2. The zero-order chi connectivity index (χ0) is 21.4. The zero-order valence-electron chi connectivity index (χ0n) is 16.5. The van der Waals surface area contributed by atoms with Gasteiger partial charge in [-0.3, -0.25) is 4.79 Å². The highest BCUT2D eigenvalue weighted by Crippen LogP contribution is 2.43. The first kappa shape index (κ1) is 19.6. The molecule has 0 aliphatic carbocycles. The lowest BCUT2D eigenvalue weighted by atomic mass is 9.98. The van der Waals surface area contributed by atoms with E-state index in [9.17, 15) is 19.8 Å². The molecule has 0 amide bonds. The van der Waals surface area contributed by atoms with Crippen LogP contribution in [0.25, 0.3) is 33.3 Å². The normalized spacial score (nSPS) is 11.3. The summed E-state index contributed by atoms with van der Waals surface area (Å²) >= 11 is 0. The summed E-state index contributed by atoms with van der Waals surface area (Å²) < 4.78 is 16.6. The second-order valence-corrected chi connectivity index (χ2v) is 7.03. The van der Waals surface area contributed by atoms with Gasteiger partial charge in [0, 0.05) is 22.6 Å². The molecule has 2 aromatic heterocycles. The standard InChI is InChI=1S/C23H20O7/c1-3-4-13-9-19(27)29-22-15(13)10-17(24)23-20(22)16(11-18(25)26)21(30-23)12-5-7-14(28-2)8-6-12/h5-10,24H,3-4,11H2,1-2H3,(H,25,26). The lowest BCUT2D eigenvalue weighted by Crippen LogP contribution is -2.03. The average Bonchev–Trinajstić information content (AvgIpc) is 3.09. The van der Waals surface area contributed by atoms with Crippen LogP contribution < -0.4 is 10.4 Å². The number of phenols is 1. The van der Waals surface area contributed by atoms with Crippen LogP contribution in [0.4, 0.5) is 0 Å². The molecule has 2 N–H and O–H groups in total. The molecule has 4 aromatic rings. The Labute approximate surface area is 171 Å². The molecule has 0 saturated heterocycles. The molecule has 30 heavy (non-hydrogen) atoms. The molecule has 0 bridgehead atoms. The van der Waals surface area contributed by atoms with E-state index in [0.717, 1.165) is 12.0 Å². The topological polar surface area (TPSA) is 110 Å². The van der Waals surface area contributed by atoms with Crippen LogP contribution >= 0.6 is 0 Å². The molecule has 0 radical (unpaired) electrons. The average molecular weight is 408 g/mol. The first-order chi connectivity index (χ1) is 14.4. The van der Waals surface area contributed by atoms with E-state index in [0.29, 0.717) is 39.8 Å². The van der Waals surface area contributed by atoms with E-state index >= 15 is 0 Å². The lowest BCUT2D eigenvalue weighted by molar-refractivity contribution is -0.136. The van der Waals surface area contributed by atoms with Crippen LogP contribution in [-0.4, -0.2) is 23.3 Å². The molecular weight excluding hydrogens is 388 g/mol. The third-order valence-electron chi connectivity index (χ3n) is 5.03. The number of hydrogen-bond donors (Lipinski definition) is 2. The van der Waals surface area contributed by atoms with Crippen LogP contribution in [0.3, 0.4) is 0 Å². The lowest BCUT2D eigenvalue weighted by Gasteiger charge is -2.07. The number of methoxy groups -OCH3 is 1. The number of benzene rings is 2. The molecule has 4 rings (SSSR count). The molecule has 0 spiro atoms. The van der Waals surface area contributed by atoms with Gasteiger partial charge in [0.15, 0.2) is 11.3 Å². The van der Waals surface area contributed by atoms with Crippen LogP contribution in [-0.2, 0) is 17.6 Å². The van der Waals surface area contributed by atoms with Crippen molar-refractivity contribution in [2.75, 3.05) is 7.11 Å². The highest BCUT2D eigenvalue weighted by Gasteiger charge is 2.25. The Hall–Kier alpha value is -3.74. The van der Waals surface area contributed by atoms with Gasteiger partial charge in [-0.2, -0.15) is 0 Å². The second kappa shape index (κ2) is 7.59. The number of carbonyl (C=O) groups is 1. The Morgan fingerprint density at radius 2 is 1.83 bits per heavy atom. The first-order valence-corrected chi connectivity index (χ1v) is 9.53. The number of hydrogen-bond acceptors (Lipinski definition) is 6. The van der Waals surface area contributed by atoms with Gasteiger partial charge >= 0.3 is 11.6 Å². The predicted octanol–water partition coefficient (Wildman–Crippen LogP) is 4.50. The van der Waals surface area contributed by atoms with Gasteiger partial charge in [0.1, 0.15) is 17.1 Å². The number of ether oxygens (including phenoxy) is 1. The van der Waals surface area contributed by atoms with Crippen LogP contribution in [0.15, 0.2) is 50.0 Å². The Balaban J connectivity index is 2.11. The summed E-state index contributed by atoms with van der Waals surface area (Å²) in [5.41, 5.74) is 1.45. The van der Waals surface area contributed by atoms with Gasteiger partial charge in [-0.25, -0.2) is 4.79 Å². The predicted molar refractivity (Wildman–Crippen MR) is 111 cm³/mol. The van der Waals surface area contributed by atoms with E-state index in [2.05, 4.69) is 0 Å². The molecule has 0 saturated carbocycles. The highest BCUT2D eigenvalue weighted by atomic mass is 16.5. The number of phenolic OH excluding ortho intramolecular Hbond substituents is 1. The van der Waals surface area contributed by atoms with Crippen LogP contribution in [0.2, 0.25) is 0 Å². The van der Waals surface area contributed by atoms with Crippen molar-refractivity contribution >= 4 is 27.9 Å². The van der Waals surface area contributed by atoms with Crippen molar-refractivity contribution in [2.45, 2.75) is 26.2 Å². The van der Waals surface area contributed by atoms with Gasteiger partial charge in [-0.05, 0) is 42.3 Å². The number of aromatic hydroxyl groups is 1. The number of rotatable bonds is 6. The summed E-state index contributed by atoms with van der Waals surface area (Å²) in [5.74, 6) is -0.286. The van der Waals surface area contributed by atoms with Gasteiger partial charge in [-0.15, -0.1) is 0 Å². The minimum atomic E-state index is -1.07. The molecule has 154 valence electrons. The van der Waals surface area contributed by atoms with Gasteiger partial charge in [-0.1, -0.05) is 13.3 Å². The van der Waals surface area contributed by atoms with Gasteiger partial charge < -0.3 is 23.8 Å². The SMILES string of the molecule is CCCc1cc(=O)oc2c1cc(O)c1oc(-c3ccc(OC)cc3)c(CC(=O)O)c12. The zero-order valence-corrected chi connectivity index (χ0v) is 16.5. The quantitative estimate of drug-likeness (QED) is 0.452. The van der Waals surface area contributed by atoms with E-state index in [-0.39, 0.29) is 23.3 Å². The molecule has 2 heterocycles. The van der Waals surface area contributed by atoms with Gasteiger partial charge in [0.25, 0.3) is 0 Å². The number of fused-ring (bicyclic) bond motifs is 3. The molecule has 0 fully saturated rings. The largest absolute Gasteiger partial charge is 0.504 e. The summed E-state index contributed by atoms with van der Waals surface area (Å²) in [6.07, 6.45) is 1.04. The smallest absolute Gasteiger partial charge is 0.336 e. The van der Waals surface area contributed by atoms with Crippen LogP contribution in [0, 0.1) is 0 Å². The fraction of sp³-hybridized carbons (Fsp3) is 0.217. The minimum absolute atomic E-state index is 0.0846. The molecule has 7 heteroatoms. The van der Waals surface area contributed by atoms with Crippen molar-refractivity contribution in [1.82, 2.24) is 0 Å². The summed E-state index contributed by atoms with van der Waals surface area (Å²) in [4.78, 5) is 23.8. The van der Waals surface area contributed by atoms with Gasteiger partial charge in [0.05, 0.1) is 18.9 Å². The number of aliphatic carboxylic acids is 1. The summed E-state index contributed by atoms with van der Waals surface area (Å²) in [6.45, 7) is 1.98. The molecule has 0 aliphatic rings. The van der Waals surface area contributed by atoms with Crippen molar-refractivity contribution in [3.05, 3.63) is 57.9 Å². The summed E-state index contributed by atoms with van der Waals surface area (Å²) in [7, 11) is 1.55. The van der Waals surface area contributed by atoms with E-state index in [1.807, 2.05) is 6.92 Å². The molecular formula is C23H20O7. The Kier molecular flexibility index (Phi) is 4.95. The molecule has 7 nitrogen and oxygen atoms in total. The van der Waals surface area contributed by atoms with Crippen molar-refractivity contribution in [2.24, 2.45) is 0 Å². The van der Waals surface area contributed by atoms with Crippen LogP contribution in [0.1, 0.15) is 24.5 Å². The maximum Gasteiger partial charge on any atom is 0.336 e. The minimum Gasteiger partial charge on any atom is -0.504 e. The number of furan rings is 1. The highest BCUT2D eigenvalue weighted by molar-refractivity contribution is 6.10. The van der Waals surface area contributed by atoms with Crippen LogP contribution in [0.5, 0.6) is 11.5 Å². The molecule has 2 aromatic carbocycles. The molecule has 0 atom stereocenters. The monoisotopic (exact) mass is 408 g/mol. The second-order valence-electron chi connectivity index (χ2n) is 7.03. The van der Waals surface area contributed by atoms with Crippen molar-refractivity contribution < 1.29 is 28.6 Å². The summed E-state index contributed by atoms with van der Waals surface area (Å²) in [5, 5.41) is 21.0. The van der Waals surface area contributed by atoms with Crippen molar-refractivity contribution in [3.63, 3.8) is 0 Å². The number of aryl methyl sites for hydroxylation is 1. The fourth-order valence-corrected chi connectivity index (χ4v) is 3.75. The molecule has 0 aliphatic heterocycles. The number of carboxylic acids is 1.